The lowest BCUT2D eigenvalue weighted by Gasteiger charge is -2.01. The number of aliphatic carboxylic acids is 1. The number of hydrogen-bond donors (Lipinski definition) is 1. The van der Waals surface area contributed by atoms with Gasteiger partial charge in [0.05, 0.1) is 0 Å². The van der Waals surface area contributed by atoms with Gasteiger partial charge in [0.25, 0.3) is 0 Å². The summed E-state index contributed by atoms with van der Waals surface area (Å²) in [4.78, 5) is 10.3. The van der Waals surface area contributed by atoms with Gasteiger partial charge in [-0.15, -0.1) is 0 Å². The van der Waals surface area contributed by atoms with Crippen LogP contribution in [0.15, 0.2) is 27.2 Å². The molecule has 1 aromatic rings. The molecule has 0 bridgehead atoms. The van der Waals surface area contributed by atoms with E-state index in [9.17, 15) is 4.79 Å². The van der Waals surface area contributed by atoms with Gasteiger partial charge in [0.1, 0.15) is 0 Å². The van der Waals surface area contributed by atoms with Crippen LogP contribution in [0.4, 0.5) is 0 Å². The summed E-state index contributed by atoms with van der Waals surface area (Å²) in [7, 11) is 0. The SMILES string of the molecule is O=C(O)/C=C/c1cc(Br)c(Br)cc1Cl. The molecular formula is C9H5Br2ClO2. The van der Waals surface area contributed by atoms with Crippen molar-refractivity contribution in [1.82, 2.24) is 0 Å². The van der Waals surface area contributed by atoms with Crippen molar-refractivity contribution < 1.29 is 9.90 Å². The van der Waals surface area contributed by atoms with Gasteiger partial charge in [-0.25, -0.2) is 4.79 Å². The summed E-state index contributed by atoms with van der Waals surface area (Å²) in [6.45, 7) is 0. The van der Waals surface area contributed by atoms with Crippen molar-refractivity contribution in [2.75, 3.05) is 0 Å². The van der Waals surface area contributed by atoms with Gasteiger partial charge in [0.2, 0.25) is 0 Å². The molecule has 0 spiro atoms. The molecule has 5 heteroatoms. The Morgan fingerprint density at radius 3 is 2.50 bits per heavy atom. The average Bonchev–Trinajstić information content (AvgIpc) is 2.09. The molecule has 0 aliphatic carbocycles. The molecule has 0 unspecified atom stereocenters. The van der Waals surface area contributed by atoms with E-state index in [4.69, 9.17) is 16.7 Å². The van der Waals surface area contributed by atoms with Gasteiger partial charge in [-0.1, -0.05) is 11.6 Å². The number of benzene rings is 1. The first kappa shape index (κ1) is 11.8. The normalized spacial score (nSPS) is 10.8. The summed E-state index contributed by atoms with van der Waals surface area (Å²) >= 11 is 12.5. The Morgan fingerprint density at radius 1 is 1.36 bits per heavy atom. The molecule has 2 nitrogen and oxygen atoms in total. The maximum absolute atomic E-state index is 10.3. The van der Waals surface area contributed by atoms with Crippen LogP contribution in [-0.4, -0.2) is 11.1 Å². The number of hydrogen-bond acceptors (Lipinski definition) is 1. The monoisotopic (exact) mass is 338 g/mol. The van der Waals surface area contributed by atoms with E-state index in [0.717, 1.165) is 15.0 Å². The number of halogens is 3. The minimum atomic E-state index is -1.000. The Labute approximate surface area is 103 Å². The van der Waals surface area contributed by atoms with Crippen LogP contribution in [0.1, 0.15) is 5.56 Å². The zero-order chi connectivity index (χ0) is 10.7. The van der Waals surface area contributed by atoms with Gasteiger partial charge in [-0.05, 0) is 55.6 Å². The Balaban J connectivity index is 3.10. The Hall–Kier alpha value is -0.320. The summed E-state index contributed by atoms with van der Waals surface area (Å²) in [6.07, 6.45) is 2.49. The lowest BCUT2D eigenvalue weighted by atomic mass is 10.2. The first-order valence-corrected chi connectivity index (χ1v) is 5.52. The second-order valence-electron chi connectivity index (χ2n) is 2.46. The molecule has 0 atom stereocenters. The molecule has 0 saturated carbocycles. The minimum Gasteiger partial charge on any atom is -0.478 e. The molecule has 1 aromatic carbocycles. The van der Waals surface area contributed by atoms with Crippen molar-refractivity contribution in [3.8, 4) is 0 Å². The fraction of sp³-hybridized carbons (Fsp3) is 0. The van der Waals surface area contributed by atoms with Crippen molar-refractivity contribution >= 4 is 55.5 Å². The number of carbonyl (C=O) groups is 1. The Morgan fingerprint density at radius 2 is 1.93 bits per heavy atom. The highest BCUT2D eigenvalue weighted by Gasteiger charge is 2.02. The van der Waals surface area contributed by atoms with E-state index in [-0.39, 0.29) is 0 Å². The smallest absolute Gasteiger partial charge is 0.328 e. The fourth-order valence-electron chi connectivity index (χ4n) is 0.827. The molecule has 0 fully saturated rings. The zero-order valence-corrected chi connectivity index (χ0v) is 10.7. The van der Waals surface area contributed by atoms with Gasteiger partial charge in [0.15, 0.2) is 0 Å². The largest absolute Gasteiger partial charge is 0.478 e. The van der Waals surface area contributed by atoms with Gasteiger partial charge in [-0.3, -0.25) is 0 Å². The number of carboxylic acids is 1. The van der Waals surface area contributed by atoms with E-state index >= 15 is 0 Å². The van der Waals surface area contributed by atoms with Crippen LogP contribution in [0, 0.1) is 0 Å². The molecule has 0 heterocycles. The second-order valence-corrected chi connectivity index (χ2v) is 4.58. The molecular weight excluding hydrogens is 335 g/mol. The van der Waals surface area contributed by atoms with Crippen LogP contribution in [-0.2, 0) is 4.79 Å². The van der Waals surface area contributed by atoms with Crippen LogP contribution < -0.4 is 0 Å². The molecule has 0 saturated heterocycles. The van der Waals surface area contributed by atoms with Crippen LogP contribution in [0.2, 0.25) is 5.02 Å². The lowest BCUT2D eigenvalue weighted by Crippen LogP contribution is -1.86. The summed E-state index contributed by atoms with van der Waals surface area (Å²) < 4.78 is 1.65. The highest BCUT2D eigenvalue weighted by Crippen LogP contribution is 2.30. The van der Waals surface area contributed by atoms with Crippen LogP contribution >= 0.6 is 43.5 Å². The van der Waals surface area contributed by atoms with Gasteiger partial charge >= 0.3 is 5.97 Å². The van der Waals surface area contributed by atoms with Crippen LogP contribution in [0.25, 0.3) is 6.08 Å². The quantitative estimate of drug-likeness (QED) is 0.653. The molecule has 0 radical (unpaired) electrons. The van der Waals surface area contributed by atoms with Crippen molar-refractivity contribution in [3.63, 3.8) is 0 Å². The molecule has 1 N–H and O–H groups in total. The van der Waals surface area contributed by atoms with Crippen LogP contribution in [0.5, 0.6) is 0 Å². The topological polar surface area (TPSA) is 37.3 Å². The van der Waals surface area contributed by atoms with Crippen molar-refractivity contribution in [1.29, 1.82) is 0 Å². The lowest BCUT2D eigenvalue weighted by molar-refractivity contribution is -0.131. The van der Waals surface area contributed by atoms with E-state index in [1.165, 1.54) is 6.08 Å². The molecule has 0 amide bonds. The summed E-state index contributed by atoms with van der Waals surface area (Å²) in [5.74, 6) is -1.000. The minimum absolute atomic E-state index is 0.498. The third-order valence-electron chi connectivity index (χ3n) is 1.45. The van der Waals surface area contributed by atoms with Gasteiger partial charge in [-0.2, -0.15) is 0 Å². The van der Waals surface area contributed by atoms with E-state index in [0.29, 0.717) is 10.6 Å². The highest BCUT2D eigenvalue weighted by atomic mass is 79.9. The van der Waals surface area contributed by atoms with E-state index < -0.39 is 5.97 Å². The van der Waals surface area contributed by atoms with Crippen molar-refractivity contribution in [2.24, 2.45) is 0 Å². The zero-order valence-electron chi connectivity index (χ0n) is 6.80. The van der Waals surface area contributed by atoms with Crippen molar-refractivity contribution in [3.05, 3.63) is 37.7 Å². The van der Waals surface area contributed by atoms with E-state index in [2.05, 4.69) is 31.9 Å². The molecule has 0 aliphatic heterocycles. The van der Waals surface area contributed by atoms with E-state index in [1.54, 1.807) is 12.1 Å². The fourth-order valence-corrected chi connectivity index (χ4v) is 1.89. The Kier molecular flexibility index (Phi) is 4.16. The maximum atomic E-state index is 10.3. The van der Waals surface area contributed by atoms with Crippen molar-refractivity contribution in [2.45, 2.75) is 0 Å². The van der Waals surface area contributed by atoms with Crippen LogP contribution in [0.3, 0.4) is 0 Å². The predicted molar refractivity (Wildman–Crippen MR) is 63.5 cm³/mol. The molecule has 14 heavy (non-hydrogen) atoms. The molecule has 74 valence electrons. The first-order valence-electron chi connectivity index (χ1n) is 3.56. The predicted octanol–water partition coefficient (Wildman–Crippen LogP) is 3.96. The second kappa shape index (κ2) is 4.96. The summed E-state index contributed by atoms with van der Waals surface area (Å²) in [5, 5.41) is 8.94. The Bertz CT molecular complexity index is 402. The number of carboxylic acid groups (broad SMARTS) is 1. The molecule has 0 aliphatic rings. The summed E-state index contributed by atoms with van der Waals surface area (Å²) in [6, 6.07) is 3.44. The third kappa shape index (κ3) is 3.12. The molecule has 0 aromatic heterocycles. The summed E-state index contributed by atoms with van der Waals surface area (Å²) in [5.41, 5.74) is 0.657. The first-order chi connectivity index (χ1) is 6.50. The standard InChI is InChI=1S/C9H5Br2ClO2/c10-6-3-5(1-2-9(13)14)8(12)4-7(6)11/h1-4H,(H,13,14)/b2-1+. The van der Waals surface area contributed by atoms with Gasteiger partial charge < -0.3 is 5.11 Å². The van der Waals surface area contributed by atoms with Gasteiger partial charge in [0, 0.05) is 20.0 Å². The maximum Gasteiger partial charge on any atom is 0.328 e. The highest BCUT2D eigenvalue weighted by molar-refractivity contribution is 9.13. The average molecular weight is 340 g/mol. The molecule has 1 rings (SSSR count). The number of rotatable bonds is 2. The van der Waals surface area contributed by atoms with E-state index in [1.807, 2.05) is 0 Å². The third-order valence-corrected chi connectivity index (χ3v) is 3.62.